The molecule has 12 N–H and O–H groups in total. The molecule has 0 spiro atoms. The fourth-order valence-corrected chi connectivity index (χ4v) is 7.16. The minimum absolute atomic E-state index is 0. The Labute approximate surface area is 506 Å². The van der Waals surface area contributed by atoms with Crippen LogP contribution in [0.2, 0.25) is 0 Å². The van der Waals surface area contributed by atoms with Crippen molar-refractivity contribution >= 4 is 70.7 Å². The summed E-state index contributed by atoms with van der Waals surface area (Å²) in [5.41, 5.74) is 11.5. The molecule has 3 rings (SSSR count). The number of likely N-dealkylation sites (N-methyl/N-ethyl adjacent to an activating group) is 3. The molecule has 5 amide bonds. The van der Waals surface area contributed by atoms with E-state index in [4.69, 9.17) is 11.5 Å². The molecule has 1 aliphatic rings. The first kappa shape index (κ1) is 76.5. The molecular weight excluding hydrogens is 1220 g/mol. The van der Waals surface area contributed by atoms with Crippen LogP contribution < -0.4 is 43.4 Å². The summed E-state index contributed by atoms with van der Waals surface area (Å²) in [7, 11) is 4.00. The molecule has 1 fully saturated rings. The van der Waals surface area contributed by atoms with Gasteiger partial charge in [-0.15, -0.1) is 0 Å². The van der Waals surface area contributed by atoms with Crippen LogP contribution in [0.4, 0.5) is 0 Å². The number of benzene rings is 2. The van der Waals surface area contributed by atoms with Gasteiger partial charge in [0, 0.05) is 145 Å². The van der Waals surface area contributed by atoms with Gasteiger partial charge in [-0.2, -0.15) is 0 Å². The van der Waals surface area contributed by atoms with Gasteiger partial charge in [0.1, 0.15) is 11.8 Å². The van der Waals surface area contributed by atoms with E-state index in [-0.39, 0.29) is 130 Å². The second-order valence-corrected chi connectivity index (χ2v) is 17.1. The molecule has 0 saturated carbocycles. The molecule has 22 nitrogen and oxygen atoms in total. The molecule has 1 aliphatic heterocycles. The number of Topliss-reactive ketones (excluding diaryl/α,β-unsaturated/α-hetero) is 3. The van der Waals surface area contributed by atoms with Gasteiger partial charge in [-0.1, -0.05) is 58.9 Å². The summed E-state index contributed by atoms with van der Waals surface area (Å²) in [4.78, 5) is 105. The number of nitrogens with one attached hydrogen (secondary N) is 6. The van der Waals surface area contributed by atoms with E-state index in [0.29, 0.717) is 126 Å². The standard InChI is InChI=1S/C38H57BN10O8.C6H13NO.C5H10NO.C2H6.Lu.Y/c1-26(50)24-47(2)21-22-48(3)25-33(51)46-31(13-9-19-44-38(40)41)37(55)43-18-8-4-7-17-42-35(53)29-15-16-30(28-12-6-5-11-27(28)29)36(54)45-23-34(52)49-20-10-14-32(49)39(56)57;1-3-6(8)5-7-4-2;1-3-6-4-5(2)7;1-2;;/h5-6,11-12,15-16,31-32,56-57H,1,3-4,7-10,13-14,17-25H2,2H3,(H,42,53)(H,43,55)(H,45,54)(H,46,51)(H4,40,41,44);7H,3-5H2,1-2H3;6H,2-4H2,1H3;1-2H3;;/q-2;;-1;;;/t31-,32?;;;;;/m0...../s1. The third kappa shape index (κ3) is 34.2. The molecule has 1 saturated heterocycles. The van der Waals surface area contributed by atoms with E-state index in [2.05, 4.69) is 57.8 Å². The normalized spacial score (nSPS) is 12.6. The van der Waals surface area contributed by atoms with Crippen LogP contribution >= 0.6 is 0 Å². The first-order valence-electron chi connectivity index (χ1n) is 25.5. The van der Waals surface area contributed by atoms with Crippen molar-refractivity contribution in [2.45, 2.75) is 98.0 Å². The van der Waals surface area contributed by atoms with E-state index >= 15 is 0 Å². The summed E-state index contributed by atoms with van der Waals surface area (Å²) in [6.07, 6.45) is 4.48. The summed E-state index contributed by atoms with van der Waals surface area (Å²) >= 11 is 0. The van der Waals surface area contributed by atoms with E-state index in [1.54, 1.807) is 47.2 Å². The third-order valence-electron chi connectivity index (χ3n) is 11.0. The van der Waals surface area contributed by atoms with Crippen LogP contribution in [-0.4, -0.2) is 189 Å². The summed E-state index contributed by atoms with van der Waals surface area (Å²) in [6, 6.07) is 9.27. The molecule has 1 unspecified atom stereocenters. The van der Waals surface area contributed by atoms with Crippen molar-refractivity contribution in [1.82, 2.24) is 46.6 Å². The average molecular weight is 1300 g/mol. The predicted molar refractivity (Wildman–Crippen MR) is 291 cm³/mol. The predicted octanol–water partition coefficient (Wildman–Crippen LogP) is 0.154. The number of amides is 5. The zero-order valence-corrected chi connectivity index (χ0v) is 50.1. The molecular formula is C51H86BLuN12O10Y-3. The monoisotopic (exact) mass is 1300 g/mol. The van der Waals surface area contributed by atoms with Crippen molar-refractivity contribution in [2.24, 2.45) is 16.5 Å². The van der Waals surface area contributed by atoms with Gasteiger partial charge in [-0.25, -0.2) is 0 Å². The van der Waals surface area contributed by atoms with Crippen LogP contribution in [0, 0.1) is 57.8 Å². The summed E-state index contributed by atoms with van der Waals surface area (Å²) < 4.78 is 0. The second kappa shape index (κ2) is 46.2. The Hall–Kier alpha value is -3.77. The molecule has 0 aliphatic carbocycles. The maximum absolute atomic E-state index is 13.2. The molecule has 434 valence electrons. The number of likely N-dealkylation sites (tertiary alicyclic amines) is 1. The smallest absolute Gasteiger partial charge is 0.450 e. The quantitative estimate of drug-likeness (QED) is 0.0158. The Morgan fingerprint density at radius 1 is 0.789 bits per heavy atom. The van der Waals surface area contributed by atoms with Crippen molar-refractivity contribution in [3.63, 3.8) is 0 Å². The number of aliphatic imine (C=N–C) groups is 1. The van der Waals surface area contributed by atoms with Crippen LogP contribution in [0.5, 0.6) is 0 Å². The fraction of sp³-hybridized carbons (Fsp3) is 0.569. The Kier molecular flexibility index (Phi) is 46.5. The Morgan fingerprint density at radius 2 is 1.36 bits per heavy atom. The molecule has 25 heteroatoms. The molecule has 2 radical (unpaired) electrons. The fourth-order valence-electron chi connectivity index (χ4n) is 7.16. The van der Waals surface area contributed by atoms with Crippen molar-refractivity contribution in [1.29, 1.82) is 0 Å². The van der Waals surface area contributed by atoms with E-state index in [0.717, 1.165) is 13.1 Å². The summed E-state index contributed by atoms with van der Waals surface area (Å²) in [5, 5.41) is 37.2. The van der Waals surface area contributed by atoms with Crippen LogP contribution in [0.15, 0.2) is 41.4 Å². The summed E-state index contributed by atoms with van der Waals surface area (Å²) in [6.45, 7) is 21.2. The molecule has 1 heterocycles. The molecule has 2 atom stereocenters. The third-order valence-corrected chi connectivity index (χ3v) is 11.0. The summed E-state index contributed by atoms with van der Waals surface area (Å²) in [5.74, 6) is -2.69. The van der Waals surface area contributed by atoms with Gasteiger partial charge in [0.2, 0.25) is 17.7 Å². The van der Waals surface area contributed by atoms with E-state index in [1.165, 1.54) is 11.0 Å². The number of guanidine groups is 1. The number of hydrogen-bond donors (Lipinski definition) is 10. The van der Waals surface area contributed by atoms with Crippen LogP contribution in [-0.2, 0) is 61.5 Å². The number of ketones is 3. The van der Waals surface area contributed by atoms with Gasteiger partial charge >= 0.3 is 7.12 Å². The number of nitrogens with zero attached hydrogens (tertiary/aromatic N) is 4. The van der Waals surface area contributed by atoms with Crippen LogP contribution in [0.25, 0.3) is 10.8 Å². The van der Waals surface area contributed by atoms with Crippen molar-refractivity contribution in [2.75, 3.05) is 92.1 Å². The van der Waals surface area contributed by atoms with Gasteiger partial charge in [-0.3, -0.25) is 40.8 Å². The van der Waals surface area contributed by atoms with Gasteiger partial charge in [-0.05, 0) is 94.5 Å². The van der Waals surface area contributed by atoms with Crippen molar-refractivity contribution < 1.29 is 118 Å². The number of unbranched alkanes of at least 4 members (excludes halogenated alkanes) is 2. The van der Waals surface area contributed by atoms with Crippen molar-refractivity contribution in [3.8, 4) is 0 Å². The van der Waals surface area contributed by atoms with Gasteiger partial charge in [0.15, 0.2) is 5.96 Å². The maximum atomic E-state index is 13.2. The molecule has 2 aromatic rings. The second-order valence-electron chi connectivity index (χ2n) is 17.1. The van der Waals surface area contributed by atoms with E-state index in [1.807, 2.05) is 34.6 Å². The molecule has 2 aromatic carbocycles. The average Bonchev–Trinajstić information content (AvgIpc) is 3.88. The van der Waals surface area contributed by atoms with Gasteiger partial charge < -0.3 is 91.6 Å². The van der Waals surface area contributed by atoms with Crippen molar-refractivity contribution in [3.05, 3.63) is 68.4 Å². The minimum Gasteiger partial charge on any atom is -0.450 e. The molecule has 0 bridgehead atoms. The minimum atomic E-state index is -1.65. The zero-order valence-electron chi connectivity index (χ0n) is 45.6. The largest absolute Gasteiger partial charge is 0.475 e. The van der Waals surface area contributed by atoms with Gasteiger partial charge in [0.05, 0.1) is 25.6 Å². The SMILES string of the molecule is CC.CCNCC(=O)CC.[CH2-]C(=O)CN(C)CCN([CH2-])CC(=O)N[C@@H](CCCN=C(N)N)C(=O)NCCCCCNC(=O)c1ccc(C(=O)NCC(=O)N2CCCC2B(O)O)c2ccccc12.[CH2-]C(=O)CNCC.[Lu].[Y]. The molecule has 0 aromatic heterocycles. The number of fused-ring (bicyclic) bond motifs is 1. The maximum Gasteiger partial charge on any atom is 0.475 e. The molecule has 76 heavy (non-hydrogen) atoms. The number of rotatable bonds is 31. The number of carbonyl (C=O) groups excluding carboxylic acids is 8. The van der Waals surface area contributed by atoms with Gasteiger partial charge in [0.25, 0.3) is 11.8 Å². The first-order valence-corrected chi connectivity index (χ1v) is 25.5. The number of nitrogens with two attached hydrogens (primary N) is 2. The van der Waals surface area contributed by atoms with Crippen LogP contribution in [0.3, 0.4) is 0 Å². The topological polar surface area (TPSA) is 323 Å². The van der Waals surface area contributed by atoms with E-state index < -0.39 is 30.9 Å². The Bertz CT molecular complexity index is 2070. The Balaban J connectivity index is -0.00000242. The first-order chi connectivity index (χ1) is 35.2. The number of carbonyl (C=O) groups is 8. The van der Waals surface area contributed by atoms with E-state index in [9.17, 15) is 48.4 Å². The zero-order chi connectivity index (χ0) is 56.0. The Morgan fingerprint density at radius 3 is 1.87 bits per heavy atom. The van der Waals surface area contributed by atoms with Crippen LogP contribution in [0.1, 0.15) is 107 Å². The number of hydrogen-bond acceptors (Lipinski definition) is 15.